The fraction of sp³-hybridized carbons (Fsp3) is 0.263. The summed E-state index contributed by atoms with van der Waals surface area (Å²) in [5.41, 5.74) is 7.01. The molecular weight excluding hydrogens is 371 g/mol. The van der Waals surface area contributed by atoms with E-state index in [1.165, 1.54) is 18.2 Å². The molecule has 0 aromatic heterocycles. The summed E-state index contributed by atoms with van der Waals surface area (Å²) in [6.07, 6.45) is 0. The molecule has 1 aliphatic heterocycles. The number of nitrogens with one attached hydrogen (secondary N) is 1. The van der Waals surface area contributed by atoms with E-state index in [1.807, 2.05) is 0 Å². The Hall–Kier alpha value is -2.80. The van der Waals surface area contributed by atoms with Crippen LogP contribution in [-0.2, 0) is 4.79 Å². The highest BCUT2D eigenvalue weighted by Crippen LogP contribution is 2.21. The number of anilines is 2. The number of piperazine rings is 1. The van der Waals surface area contributed by atoms with Crippen molar-refractivity contribution in [3.63, 3.8) is 0 Å². The summed E-state index contributed by atoms with van der Waals surface area (Å²) in [6, 6.07) is 11.1. The first-order valence-corrected chi connectivity index (χ1v) is 8.93. The van der Waals surface area contributed by atoms with E-state index in [1.54, 1.807) is 29.2 Å². The first kappa shape index (κ1) is 19.0. The van der Waals surface area contributed by atoms with Crippen molar-refractivity contribution in [1.82, 2.24) is 4.90 Å². The Morgan fingerprint density at radius 1 is 1.07 bits per heavy atom. The molecule has 0 spiro atoms. The van der Waals surface area contributed by atoms with Gasteiger partial charge < -0.3 is 20.9 Å². The molecule has 6 nitrogen and oxygen atoms in total. The van der Waals surface area contributed by atoms with Crippen molar-refractivity contribution in [2.45, 2.75) is 0 Å². The molecule has 1 fully saturated rings. The topological polar surface area (TPSA) is 78.7 Å². The molecule has 8 heteroatoms. The van der Waals surface area contributed by atoms with Gasteiger partial charge in [-0.2, -0.15) is 0 Å². The van der Waals surface area contributed by atoms with Crippen LogP contribution in [0.1, 0.15) is 10.4 Å². The molecule has 0 aliphatic carbocycles. The Labute approximate surface area is 161 Å². The number of halogens is 2. The highest BCUT2D eigenvalue weighted by Gasteiger charge is 2.21. The number of nitrogens with zero attached hydrogens (tertiary/aromatic N) is 2. The van der Waals surface area contributed by atoms with Crippen LogP contribution in [0.15, 0.2) is 42.5 Å². The number of primary amides is 1. The second kappa shape index (κ2) is 8.26. The third-order valence-electron chi connectivity index (χ3n) is 4.50. The van der Waals surface area contributed by atoms with Crippen molar-refractivity contribution in [3.8, 4) is 0 Å². The third kappa shape index (κ3) is 4.68. The molecule has 3 rings (SSSR count). The van der Waals surface area contributed by atoms with Crippen molar-refractivity contribution < 1.29 is 14.0 Å². The molecule has 1 heterocycles. The van der Waals surface area contributed by atoms with E-state index in [2.05, 4.69) is 10.2 Å². The lowest BCUT2D eigenvalue weighted by molar-refractivity contribution is -0.129. The van der Waals surface area contributed by atoms with Crippen LogP contribution in [0.2, 0.25) is 5.02 Å². The average molecular weight is 391 g/mol. The van der Waals surface area contributed by atoms with E-state index in [4.69, 9.17) is 17.3 Å². The first-order valence-electron chi connectivity index (χ1n) is 8.55. The lowest BCUT2D eigenvalue weighted by Crippen LogP contribution is -2.50. The van der Waals surface area contributed by atoms with Gasteiger partial charge in [-0.05, 0) is 42.5 Å². The summed E-state index contributed by atoms with van der Waals surface area (Å²) in [6.45, 7) is 2.54. The standard InChI is InChI=1S/C19H20ClFN4O2/c20-13-1-6-17(16(11-13)19(22)27)23-12-18(26)25-9-7-24(8-10-25)15-4-2-14(21)3-5-15/h1-6,11,23H,7-10,12H2,(H2,22,27). The molecule has 1 saturated heterocycles. The summed E-state index contributed by atoms with van der Waals surface area (Å²) in [5, 5.41) is 3.36. The Balaban J connectivity index is 1.54. The summed E-state index contributed by atoms with van der Waals surface area (Å²) in [4.78, 5) is 27.8. The van der Waals surface area contributed by atoms with Gasteiger partial charge >= 0.3 is 0 Å². The van der Waals surface area contributed by atoms with E-state index in [0.29, 0.717) is 36.9 Å². The molecule has 0 atom stereocenters. The molecule has 1 aliphatic rings. The zero-order chi connectivity index (χ0) is 19.4. The molecule has 2 amide bonds. The Morgan fingerprint density at radius 3 is 2.37 bits per heavy atom. The molecule has 27 heavy (non-hydrogen) atoms. The fourth-order valence-corrected chi connectivity index (χ4v) is 3.20. The van der Waals surface area contributed by atoms with Gasteiger partial charge in [0.15, 0.2) is 0 Å². The summed E-state index contributed by atoms with van der Waals surface area (Å²) >= 11 is 5.88. The smallest absolute Gasteiger partial charge is 0.250 e. The minimum absolute atomic E-state index is 0.0540. The second-order valence-corrected chi connectivity index (χ2v) is 6.69. The number of hydrogen-bond donors (Lipinski definition) is 2. The normalized spacial score (nSPS) is 14.1. The quantitative estimate of drug-likeness (QED) is 0.821. The molecule has 2 aromatic carbocycles. The monoisotopic (exact) mass is 390 g/mol. The van der Waals surface area contributed by atoms with Crippen molar-refractivity contribution in [2.24, 2.45) is 5.73 Å². The number of rotatable bonds is 5. The lowest BCUT2D eigenvalue weighted by Gasteiger charge is -2.36. The molecule has 2 aromatic rings. The van der Waals surface area contributed by atoms with Gasteiger partial charge in [0, 0.05) is 42.6 Å². The summed E-state index contributed by atoms with van der Waals surface area (Å²) < 4.78 is 13.0. The molecule has 142 valence electrons. The maximum atomic E-state index is 13.0. The lowest BCUT2D eigenvalue weighted by atomic mass is 10.1. The third-order valence-corrected chi connectivity index (χ3v) is 4.74. The average Bonchev–Trinajstić information content (AvgIpc) is 2.67. The number of carbonyl (C=O) groups is 2. The summed E-state index contributed by atoms with van der Waals surface area (Å²) in [7, 11) is 0. The predicted molar refractivity (Wildman–Crippen MR) is 104 cm³/mol. The Morgan fingerprint density at radius 2 is 1.74 bits per heavy atom. The van der Waals surface area contributed by atoms with Gasteiger partial charge in [-0.25, -0.2) is 4.39 Å². The number of hydrogen-bond acceptors (Lipinski definition) is 4. The number of benzene rings is 2. The van der Waals surface area contributed by atoms with E-state index in [-0.39, 0.29) is 23.8 Å². The van der Waals surface area contributed by atoms with Gasteiger partial charge in [0.25, 0.3) is 5.91 Å². The largest absolute Gasteiger partial charge is 0.376 e. The number of amides is 2. The molecule has 0 unspecified atom stereocenters. The Bertz CT molecular complexity index is 836. The van der Waals surface area contributed by atoms with Gasteiger partial charge in [0.1, 0.15) is 5.82 Å². The zero-order valence-corrected chi connectivity index (χ0v) is 15.4. The van der Waals surface area contributed by atoms with Crippen LogP contribution in [0.25, 0.3) is 0 Å². The number of carbonyl (C=O) groups excluding carboxylic acids is 2. The van der Waals surface area contributed by atoms with Crippen LogP contribution in [0.4, 0.5) is 15.8 Å². The minimum atomic E-state index is -0.611. The van der Waals surface area contributed by atoms with Crippen LogP contribution in [0.5, 0.6) is 0 Å². The second-order valence-electron chi connectivity index (χ2n) is 6.25. The number of nitrogens with two attached hydrogens (primary N) is 1. The van der Waals surface area contributed by atoms with E-state index < -0.39 is 5.91 Å². The molecule has 3 N–H and O–H groups in total. The summed E-state index contributed by atoms with van der Waals surface area (Å²) in [5.74, 6) is -0.948. The van der Waals surface area contributed by atoms with Crippen LogP contribution in [-0.4, -0.2) is 49.4 Å². The zero-order valence-electron chi connectivity index (χ0n) is 14.6. The molecule has 0 saturated carbocycles. The van der Waals surface area contributed by atoms with Crippen molar-refractivity contribution in [3.05, 3.63) is 58.9 Å². The molecule has 0 bridgehead atoms. The molecule has 0 radical (unpaired) electrons. The van der Waals surface area contributed by atoms with Crippen LogP contribution in [0, 0.1) is 5.82 Å². The maximum Gasteiger partial charge on any atom is 0.250 e. The van der Waals surface area contributed by atoms with Crippen LogP contribution in [0.3, 0.4) is 0 Å². The SMILES string of the molecule is NC(=O)c1cc(Cl)ccc1NCC(=O)N1CCN(c2ccc(F)cc2)CC1. The first-order chi connectivity index (χ1) is 12.9. The molecular formula is C19H20ClFN4O2. The predicted octanol–water partition coefficient (Wildman–Crippen LogP) is 2.34. The Kier molecular flexibility index (Phi) is 5.81. The van der Waals surface area contributed by atoms with Crippen LogP contribution < -0.4 is 16.0 Å². The van der Waals surface area contributed by atoms with Gasteiger partial charge in [-0.1, -0.05) is 11.6 Å². The van der Waals surface area contributed by atoms with E-state index in [9.17, 15) is 14.0 Å². The highest BCUT2D eigenvalue weighted by molar-refractivity contribution is 6.31. The van der Waals surface area contributed by atoms with Gasteiger partial charge in [-0.15, -0.1) is 0 Å². The maximum absolute atomic E-state index is 13.0. The van der Waals surface area contributed by atoms with Crippen molar-refractivity contribution >= 4 is 34.8 Å². The highest BCUT2D eigenvalue weighted by atomic mass is 35.5. The fourth-order valence-electron chi connectivity index (χ4n) is 3.02. The van der Waals surface area contributed by atoms with Gasteiger partial charge in [0.2, 0.25) is 5.91 Å². The van der Waals surface area contributed by atoms with Crippen LogP contribution >= 0.6 is 11.6 Å². The van der Waals surface area contributed by atoms with E-state index in [0.717, 1.165) is 5.69 Å². The minimum Gasteiger partial charge on any atom is -0.376 e. The van der Waals surface area contributed by atoms with Gasteiger partial charge in [0.05, 0.1) is 12.1 Å². The van der Waals surface area contributed by atoms with E-state index >= 15 is 0 Å². The van der Waals surface area contributed by atoms with Crippen molar-refractivity contribution in [1.29, 1.82) is 0 Å². The van der Waals surface area contributed by atoms with Crippen molar-refractivity contribution in [2.75, 3.05) is 42.9 Å². The van der Waals surface area contributed by atoms with Gasteiger partial charge in [-0.3, -0.25) is 9.59 Å².